The lowest BCUT2D eigenvalue weighted by molar-refractivity contribution is 0.0944. The molecule has 0 bridgehead atoms. The van der Waals surface area contributed by atoms with Gasteiger partial charge in [0, 0.05) is 12.1 Å². The van der Waals surface area contributed by atoms with E-state index in [1.54, 1.807) is 12.1 Å². The van der Waals surface area contributed by atoms with E-state index in [1.807, 2.05) is 0 Å². The van der Waals surface area contributed by atoms with Gasteiger partial charge in [0.15, 0.2) is 10.9 Å². The van der Waals surface area contributed by atoms with Crippen molar-refractivity contribution >= 4 is 51.7 Å². The molecule has 14 heteroatoms. The molecule has 0 spiro atoms. The molecular weight excluding hydrogens is 481 g/mol. The summed E-state index contributed by atoms with van der Waals surface area (Å²) in [7, 11) is 0. The van der Waals surface area contributed by atoms with E-state index in [1.165, 1.54) is 17.2 Å². The third-order valence-corrected chi connectivity index (χ3v) is 5.93. The zero-order chi connectivity index (χ0) is 22.7. The summed E-state index contributed by atoms with van der Waals surface area (Å²) in [6, 6.07) is 4.74. The Balaban J connectivity index is 1.62. The number of carbonyl (C=O) groups excluding carboxylic acids is 1. The third kappa shape index (κ3) is 4.85. The van der Waals surface area contributed by atoms with Crippen molar-refractivity contribution in [3.05, 3.63) is 45.2 Å². The highest BCUT2D eigenvalue weighted by atomic mass is 35.5. The molecule has 168 valence electrons. The minimum absolute atomic E-state index is 0.0103. The Hall–Kier alpha value is -2.73. The molecule has 3 heterocycles. The normalized spacial score (nSPS) is 15.2. The third-order valence-electron chi connectivity index (χ3n) is 4.89. The average Bonchev–Trinajstić information content (AvgIpc) is 3.40. The molecule has 1 amide bonds. The van der Waals surface area contributed by atoms with E-state index < -0.39 is 5.91 Å². The number of nitrogens with two attached hydrogens (primary N) is 1. The number of likely N-dealkylation sites (tertiary alicyclic amines) is 1. The van der Waals surface area contributed by atoms with Crippen molar-refractivity contribution in [2.24, 2.45) is 5.10 Å². The maximum absolute atomic E-state index is 13.1. The molecule has 3 N–H and O–H groups in total. The van der Waals surface area contributed by atoms with E-state index in [0.717, 1.165) is 25.9 Å². The van der Waals surface area contributed by atoms with Crippen LogP contribution >= 0.6 is 34.8 Å². The van der Waals surface area contributed by atoms with Crippen LogP contribution in [0.5, 0.6) is 0 Å². The first-order valence-electron chi connectivity index (χ1n) is 9.68. The second-order valence-electron chi connectivity index (χ2n) is 7.08. The number of rotatable bonds is 6. The fraction of sp³-hybridized carbons (Fsp3) is 0.333. The van der Waals surface area contributed by atoms with Gasteiger partial charge in [0.1, 0.15) is 5.69 Å². The Morgan fingerprint density at radius 1 is 1.19 bits per heavy atom. The molecule has 11 nitrogen and oxygen atoms in total. The summed E-state index contributed by atoms with van der Waals surface area (Å²) in [6.45, 7) is 2.24. The summed E-state index contributed by atoms with van der Waals surface area (Å²) in [5.41, 5.74) is 9.22. The molecule has 0 aliphatic carbocycles. The number of amides is 1. The summed E-state index contributed by atoms with van der Waals surface area (Å²) in [5, 5.41) is 20.1. The molecule has 1 aromatic carbocycles. The van der Waals surface area contributed by atoms with Gasteiger partial charge in [-0.1, -0.05) is 52.5 Å². The number of anilines is 1. The largest absolute Gasteiger partial charge is 0.378 e. The fourth-order valence-corrected chi connectivity index (χ4v) is 3.76. The fourth-order valence-electron chi connectivity index (χ4n) is 3.30. The maximum Gasteiger partial charge on any atom is 0.292 e. The number of carbonyl (C=O) groups is 1. The smallest absolute Gasteiger partial charge is 0.292 e. The van der Waals surface area contributed by atoms with Crippen LogP contribution in [0.25, 0.3) is 5.82 Å². The summed E-state index contributed by atoms with van der Waals surface area (Å²) in [6.07, 6.45) is 3.35. The second kappa shape index (κ2) is 9.82. The van der Waals surface area contributed by atoms with Gasteiger partial charge in [0.2, 0.25) is 11.6 Å². The van der Waals surface area contributed by atoms with Crippen LogP contribution in [0, 0.1) is 0 Å². The zero-order valence-corrected chi connectivity index (χ0v) is 18.9. The van der Waals surface area contributed by atoms with Crippen molar-refractivity contribution in [1.82, 2.24) is 35.6 Å². The Bertz CT molecular complexity index is 1150. The number of hydrazone groups is 1. The highest BCUT2D eigenvalue weighted by molar-refractivity contribution is 6.69. The lowest BCUT2D eigenvalue weighted by Gasteiger charge is -2.25. The Kier molecular flexibility index (Phi) is 6.89. The van der Waals surface area contributed by atoms with Crippen molar-refractivity contribution in [2.75, 3.05) is 18.8 Å². The summed E-state index contributed by atoms with van der Waals surface area (Å²) < 4.78 is 5.81. The first-order chi connectivity index (χ1) is 15.4. The van der Waals surface area contributed by atoms with Crippen LogP contribution in [-0.4, -0.2) is 54.4 Å². The molecule has 0 radical (unpaired) electrons. The molecule has 1 saturated heterocycles. The van der Waals surface area contributed by atoms with Gasteiger partial charge < -0.3 is 5.73 Å². The molecule has 0 saturated carbocycles. The molecule has 32 heavy (non-hydrogen) atoms. The molecular formula is C18H18Cl3N9O2. The number of nitrogen functional groups attached to an aromatic ring is 1. The van der Waals surface area contributed by atoms with E-state index in [9.17, 15) is 4.79 Å². The lowest BCUT2D eigenvalue weighted by atomic mass is 10.1. The van der Waals surface area contributed by atoms with Crippen molar-refractivity contribution in [2.45, 2.75) is 25.8 Å². The molecule has 0 unspecified atom stereocenters. The van der Waals surface area contributed by atoms with Gasteiger partial charge in [-0.2, -0.15) is 9.78 Å². The van der Waals surface area contributed by atoms with Gasteiger partial charge in [-0.3, -0.25) is 9.69 Å². The summed E-state index contributed by atoms with van der Waals surface area (Å²) in [4.78, 5) is 15.3. The number of aromatic nitrogens is 5. The lowest BCUT2D eigenvalue weighted by Crippen LogP contribution is -2.31. The van der Waals surface area contributed by atoms with Crippen LogP contribution in [0.1, 0.15) is 41.0 Å². The van der Waals surface area contributed by atoms with E-state index in [0.29, 0.717) is 27.8 Å². The molecule has 1 aliphatic rings. The number of nitrogens with zero attached hydrogens (tertiary/aromatic N) is 7. The van der Waals surface area contributed by atoms with Crippen LogP contribution < -0.4 is 11.2 Å². The number of piperidine rings is 1. The van der Waals surface area contributed by atoms with Crippen molar-refractivity contribution < 1.29 is 9.42 Å². The zero-order valence-electron chi connectivity index (χ0n) is 16.6. The molecule has 1 fully saturated rings. The van der Waals surface area contributed by atoms with Gasteiger partial charge in [0.05, 0.1) is 10.0 Å². The monoisotopic (exact) mass is 497 g/mol. The number of benzene rings is 1. The van der Waals surface area contributed by atoms with Gasteiger partial charge in [0.25, 0.3) is 5.91 Å². The van der Waals surface area contributed by atoms with E-state index in [-0.39, 0.29) is 22.5 Å². The SMILES string of the molecule is Nc1nonc1-n1nnc(CN2CCCCC2)c1C(=O)N/N=C(\Cl)c1ccc(Cl)c(Cl)c1. The van der Waals surface area contributed by atoms with E-state index >= 15 is 0 Å². The number of hydrogen-bond donors (Lipinski definition) is 2. The minimum Gasteiger partial charge on any atom is -0.378 e. The van der Waals surface area contributed by atoms with Gasteiger partial charge in [-0.25, -0.2) is 10.1 Å². The topological polar surface area (TPSA) is 140 Å². The summed E-state index contributed by atoms with van der Waals surface area (Å²) >= 11 is 18.2. The van der Waals surface area contributed by atoms with Gasteiger partial charge in [-0.05, 0) is 48.4 Å². The van der Waals surface area contributed by atoms with Crippen LogP contribution in [0.2, 0.25) is 10.0 Å². The summed E-state index contributed by atoms with van der Waals surface area (Å²) in [5.74, 6) is -0.597. The quantitative estimate of drug-likeness (QED) is 0.390. The molecule has 1 aliphatic heterocycles. The average molecular weight is 499 g/mol. The number of hydrogen-bond acceptors (Lipinski definition) is 9. The minimum atomic E-state index is -0.609. The van der Waals surface area contributed by atoms with Gasteiger partial charge >= 0.3 is 0 Å². The van der Waals surface area contributed by atoms with Crippen molar-refractivity contribution in [3.8, 4) is 5.82 Å². The molecule has 2 aromatic heterocycles. The van der Waals surface area contributed by atoms with E-state index in [4.69, 9.17) is 40.5 Å². The number of halogens is 3. The number of nitrogens with one attached hydrogen (secondary N) is 1. The Morgan fingerprint density at radius 3 is 2.66 bits per heavy atom. The molecule has 0 atom stereocenters. The predicted molar refractivity (Wildman–Crippen MR) is 119 cm³/mol. The Morgan fingerprint density at radius 2 is 1.97 bits per heavy atom. The van der Waals surface area contributed by atoms with Crippen LogP contribution in [-0.2, 0) is 6.54 Å². The van der Waals surface area contributed by atoms with Crippen molar-refractivity contribution in [3.63, 3.8) is 0 Å². The van der Waals surface area contributed by atoms with Crippen LogP contribution in [0.15, 0.2) is 27.9 Å². The molecule has 3 aromatic rings. The molecule has 4 rings (SSSR count). The predicted octanol–water partition coefficient (Wildman–Crippen LogP) is 2.86. The second-order valence-corrected chi connectivity index (χ2v) is 8.25. The van der Waals surface area contributed by atoms with Gasteiger partial charge in [-0.15, -0.1) is 5.10 Å². The first-order valence-corrected chi connectivity index (χ1v) is 10.8. The van der Waals surface area contributed by atoms with E-state index in [2.05, 4.69) is 40.7 Å². The standard InChI is InChI=1S/C18H18Cl3N9O2/c19-11-5-4-10(8-12(11)20)15(21)24-25-18(31)14-13(9-29-6-2-1-3-7-29)23-28-30(14)17-16(22)26-32-27-17/h4-5,8H,1-3,6-7,9H2,(H2,22,26)(H,25,31)/b24-15-. The van der Waals surface area contributed by atoms with Crippen LogP contribution in [0.3, 0.4) is 0 Å². The highest BCUT2D eigenvalue weighted by Crippen LogP contribution is 2.24. The first kappa shape index (κ1) is 22.5. The highest BCUT2D eigenvalue weighted by Gasteiger charge is 2.26. The van der Waals surface area contributed by atoms with Crippen LogP contribution in [0.4, 0.5) is 5.82 Å². The Labute approximate surface area is 197 Å². The van der Waals surface area contributed by atoms with Crippen molar-refractivity contribution in [1.29, 1.82) is 0 Å². The maximum atomic E-state index is 13.1.